The number of methoxy groups -OCH3 is 1. The Hall–Kier alpha value is -2.79. The van der Waals surface area contributed by atoms with Crippen LogP contribution in [0.2, 0.25) is 0 Å². The lowest BCUT2D eigenvalue weighted by atomic mass is 9.78. The van der Waals surface area contributed by atoms with E-state index >= 15 is 0 Å². The molecule has 10 heteroatoms. The van der Waals surface area contributed by atoms with Crippen molar-refractivity contribution >= 4 is 21.8 Å². The maximum atomic E-state index is 12.9. The number of hydrogen-bond acceptors (Lipinski definition) is 9. The summed E-state index contributed by atoms with van der Waals surface area (Å²) in [6, 6.07) is 17.9. The Morgan fingerprint density at radius 3 is 2.42 bits per heavy atom. The van der Waals surface area contributed by atoms with Gasteiger partial charge in [-0.05, 0) is 43.4 Å². The van der Waals surface area contributed by atoms with E-state index in [0.29, 0.717) is 50.2 Å². The lowest BCUT2D eigenvalue weighted by molar-refractivity contribution is -0.208. The predicted molar refractivity (Wildman–Crippen MR) is 148 cm³/mol. The average Bonchev–Trinajstić information content (AvgIpc) is 3.40. The first-order valence-electron chi connectivity index (χ1n) is 13.9. The molecule has 2 aliphatic heterocycles. The maximum absolute atomic E-state index is 12.9. The van der Waals surface area contributed by atoms with E-state index in [1.807, 2.05) is 35.4 Å². The van der Waals surface area contributed by atoms with Gasteiger partial charge >= 0.3 is 11.9 Å². The SMILES string of the molecule is COC(=O)C1CON2C1CC[C@@H]([C@H](CCOCc1ccccc1)OC(C)=O)[C@H]2CCCS(=O)(=O)c1ccccc1. The van der Waals surface area contributed by atoms with E-state index in [1.54, 1.807) is 30.3 Å². The van der Waals surface area contributed by atoms with Crippen LogP contribution in [-0.4, -0.2) is 69.7 Å². The second kappa shape index (κ2) is 14.2. The number of hydroxylamine groups is 2. The molecule has 9 nitrogen and oxygen atoms in total. The van der Waals surface area contributed by atoms with Crippen LogP contribution in [0.25, 0.3) is 0 Å². The number of ether oxygens (including phenoxy) is 3. The minimum absolute atomic E-state index is 0.0163. The Labute approximate surface area is 236 Å². The molecule has 40 heavy (non-hydrogen) atoms. The molecule has 2 fully saturated rings. The summed E-state index contributed by atoms with van der Waals surface area (Å²) in [5, 5.41) is 1.85. The molecule has 0 N–H and O–H groups in total. The van der Waals surface area contributed by atoms with E-state index in [-0.39, 0.29) is 42.3 Å². The first-order valence-corrected chi connectivity index (χ1v) is 15.5. The van der Waals surface area contributed by atoms with Crippen molar-refractivity contribution in [3.63, 3.8) is 0 Å². The fourth-order valence-electron chi connectivity index (χ4n) is 5.88. The summed E-state index contributed by atoms with van der Waals surface area (Å²) < 4.78 is 42.6. The molecule has 2 saturated heterocycles. The summed E-state index contributed by atoms with van der Waals surface area (Å²) in [7, 11) is -2.08. The summed E-state index contributed by atoms with van der Waals surface area (Å²) in [5.41, 5.74) is 1.06. The zero-order valence-corrected chi connectivity index (χ0v) is 24.0. The van der Waals surface area contributed by atoms with Crippen LogP contribution in [0.5, 0.6) is 0 Å². The Kier molecular flexibility index (Phi) is 10.7. The Balaban J connectivity index is 1.47. The number of carbonyl (C=O) groups excluding carboxylic acids is 2. The van der Waals surface area contributed by atoms with Crippen molar-refractivity contribution in [2.24, 2.45) is 11.8 Å². The van der Waals surface area contributed by atoms with Gasteiger partial charge in [-0.1, -0.05) is 48.5 Å². The van der Waals surface area contributed by atoms with Gasteiger partial charge in [0, 0.05) is 25.3 Å². The van der Waals surface area contributed by atoms with Crippen molar-refractivity contribution in [3.05, 3.63) is 66.2 Å². The summed E-state index contributed by atoms with van der Waals surface area (Å²) in [4.78, 5) is 30.9. The highest BCUT2D eigenvalue weighted by atomic mass is 32.2. The van der Waals surface area contributed by atoms with Gasteiger partial charge < -0.3 is 14.2 Å². The second-order valence-electron chi connectivity index (χ2n) is 10.4. The number of hydrogen-bond donors (Lipinski definition) is 0. The quantitative estimate of drug-likeness (QED) is 0.260. The number of carbonyl (C=O) groups is 2. The number of nitrogens with zero attached hydrogens (tertiary/aromatic N) is 1. The summed E-state index contributed by atoms with van der Waals surface area (Å²) >= 11 is 0. The number of piperidine rings is 1. The smallest absolute Gasteiger partial charge is 0.312 e. The van der Waals surface area contributed by atoms with E-state index < -0.39 is 21.9 Å². The topological polar surface area (TPSA) is 108 Å². The Morgan fingerprint density at radius 1 is 1.05 bits per heavy atom. The van der Waals surface area contributed by atoms with Crippen molar-refractivity contribution in [1.82, 2.24) is 5.06 Å². The standard InChI is InChI=1S/C30H39NO8S/c1-22(32)39-29(17-18-37-20-23-10-5-3-6-11-23)25-15-16-28-26(30(33)36-2)21-38-31(28)27(25)14-9-19-40(34,35)24-12-7-4-8-13-24/h3-8,10-13,25-29H,9,14-21H2,1-2H3/t25-,26?,27-,28?,29+/m1/s1. The van der Waals surface area contributed by atoms with Crippen LogP contribution in [0.4, 0.5) is 0 Å². The van der Waals surface area contributed by atoms with Crippen LogP contribution >= 0.6 is 0 Å². The average molecular weight is 574 g/mol. The van der Waals surface area contributed by atoms with E-state index in [9.17, 15) is 18.0 Å². The van der Waals surface area contributed by atoms with Gasteiger partial charge in [-0.25, -0.2) is 8.42 Å². The van der Waals surface area contributed by atoms with Crippen LogP contribution in [0, 0.1) is 11.8 Å². The highest BCUT2D eigenvalue weighted by Gasteiger charge is 2.50. The molecule has 2 aromatic carbocycles. The molecule has 0 aromatic heterocycles. The number of sulfone groups is 1. The second-order valence-corrected chi connectivity index (χ2v) is 12.5. The largest absolute Gasteiger partial charge is 0.469 e. The highest BCUT2D eigenvalue weighted by molar-refractivity contribution is 7.91. The van der Waals surface area contributed by atoms with E-state index in [2.05, 4.69) is 0 Å². The zero-order chi connectivity index (χ0) is 28.5. The Bertz CT molecular complexity index is 1210. The first-order chi connectivity index (χ1) is 19.3. The molecule has 0 spiro atoms. The van der Waals surface area contributed by atoms with Gasteiger partial charge in [-0.3, -0.25) is 14.4 Å². The predicted octanol–water partition coefficient (Wildman–Crippen LogP) is 3.96. The van der Waals surface area contributed by atoms with Gasteiger partial charge in [0.05, 0.1) is 49.5 Å². The van der Waals surface area contributed by atoms with Gasteiger partial charge in [0.25, 0.3) is 0 Å². The van der Waals surface area contributed by atoms with Gasteiger partial charge in [0.2, 0.25) is 0 Å². The zero-order valence-electron chi connectivity index (χ0n) is 23.1. The van der Waals surface area contributed by atoms with Gasteiger partial charge in [-0.2, -0.15) is 5.06 Å². The number of esters is 2. The molecule has 0 radical (unpaired) electrons. The normalized spacial score (nSPS) is 23.8. The molecule has 5 atom stereocenters. The van der Waals surface area contributed by atoms with E-state index in [0.717, 1.165) is 5.56 Å². The molecular weight excluding hydrogens is 534 g/mol. The number of benzene rings is 2. The van der Waals surface area contributed by atoms with E-state index in [1.165, 1.54) is 14.0 Å². The van der Waals surface area contributed by atoms with Crippen molar-refractivity contribution < 1.29 is 37.1 Å². The third-order valence-corrected chi connectivity index (χ3v) is 9.60. The fourth-order valence-corrected chi connectivity index (χ4v) is 7.24. The lowest BCUT2D eigenvalue weighted by Crippen LogP contribution is -2.53. The van der Waals surface area contributed by atoms with Crippen molar-refractivity contribution in [2.45, 2.75) is 68.7 Å². The van der Waals surface area contributed by atoms with Crippen molar-refractivity contribution in [3.8, 4) is 0 Å². The fraction of sp³-hybridized carbons (Fsp3) is 0.533. The third-order valence-electron chi connectivity index (χ3n) is 7.78. The van der Waals surface area contributed by atoms with Crippen LogP contribution in [0.3, 0.4) is 0 Å². The minimum atomic E-state index is -3.45. The molecule has 0 amide bonds. The molecule has 0 bridgehead atoms. The minimum Gasteiger partial charge on any atom is -0.469 e. The molecule has 218 valence electrons. The van der Waals surface area contributed by atoms with Crippen LogP contribution in [0.15, 0.2) is 65.6 Å². The molecule has 2 unspecified atom stereocenters. The molecule has 2 aliphatic rings. The van der Waals surface area contributed by atoms with Crippen molar-refractivity contribution in [2.75, 3.05) is 26.1 Å². The van der Waals surface area contributed by atoms with Crippen LogP contribution in [0.1, 0.15) is 44.6 Å². The molecular formula is C30H39NO8S. The van der Waals surface area contributed by atoms with Crippen molar-refractivity contribution in [1.29, 1.82) is 0 Å². The molecule has 0 saturated carbocycles. The molecule has 4 rings (SSSR count). The monoisotopic (exact) mass is 573 g/mol. The van der Waals surface area contributed by atoms with Gasteiger partial charge in [0.15, 0.2) is 9.84 Å². The summed E-state index contributed by atoms with van der Waals surface area (Å²) in [6.45, 7) is 2.45. The van der Waals surface area contributed by atoms with Crippen LogP contribution < -0.4 is 0 Å². The number of rotatable bonds is 13. The lowest BCUT2D eigenvalue weighted by Gasteiger charge is -2.44. The molecule has 0 aliphatic carbocycles. The Morgan fingerprint density at radius 2 is 1.75 bits per heavy atom. The first kappa shape index (κ1) is 30.2. The summed E-state index contributed by atoms with van der Waals surface area (Å²) in [5.74, 6) is -1.24. The van der Waals surface area contributed by atoms with Gasteiger partial charge in [-0.15, -0.1) is 0 Å². The van der Waals surface area contributed by atoms with E-state index in [4.69, 9.17) is 19.0 Å². The molecule has 2 aromatic rings. The maximum Gasteiger partial charge on any atom is 0.312 e. The van der Waals surface area contributed by atoms with Crippen LogP contribution in [-0.2, 0) is 45.1 Å². The molecule has 2 heterocycles. The highest BCUT2D eigenvalue weighted by Crippen LogP contribution is 2.41. The number of fused-ring (bicyclic) bond motifs is 1. The van der Waals surface area contributed by atoms with Gasteiger partial charge in [0.1, 0.15) is 6.10 Å². The third kappa shape index (κ3) is 7.69. The summed E-state index contributed by atoms with van der Waals surface area (Å²) in [6.07, 6.45) is 2.33.